The fraction of sp³-hybridized carbons (Fsp3) is 0.625. The van der Waals surface area contributed by atoms with E-state index in [0.717, 1.165) is 51.3 Å². The van der Waals surface area contributed by atoms with Crippen molar-refractivity contribution in [3.05, 3.63) is 18.3 Å². The summed E-state index contributed by atoms with van der Waals surface area (Å²) in [6.45, 7) is 8.22. The van der Waals surface area contributed by atoms with Gasteiger partial charge in [0.05, 0.1) is 11.9 Å². The van der Waals surface area contributed by atoms with Crippen LogP contribution < -0.4 is 10.2 Å². The third-order valence-corrected chi connectivity index (χ3v) is 4.41. The number of ether oxygens (including phenoxy) is 1. The van der Waals surface area contributed by atoms with Crippen molar-refractivity contribution in [3.8, 4) is 0 Å². The molecule has 2 saturated heterocycles. The lowest BCUT2D eigenvalue weighted by Crippen LogP contribution is -2.46. The van der Waals surface area contributed by atoms with Crippen LogP contribution in [0.5, 0.6) is 0 Å². The predicted octanol–water partition coefficient (Wildman–Crippen LogP) is 1.34. The number of anilines is 2. The van der Waals surface area contributed by atoms with Crippen LogP contribution in [0.25, 0.3) is 0 Å². The van der Waals surface area contributed by atoms with Gasteiger partial charge in [0.2, 0.25) is 0 Å². The molecule has 0 aliphatic carbocycles. The summed E-state index contributed by atoms with van der Waals surface area (Å²) >= 11 is 0. The van der Waals surface area contributed by atoms with E-state index in [1.807, 2.05) is 18.3 Å². The Bertz CT molecular complexity index is 491. The predicted molar refractivity (Wildman–Crippen MR) is 86.2 cm³/mol. The van der Waals surface area contributed by atoms with E-state index in [9.17, 15) is 4.79 Å². The number of aromatic nitrogens is 1. The second kappa shape index (κ2) is 7.07. The van der Waals surface area contributed by atoms with Gasteiger partial charge in [-0.3, -0.25) is 4.79 Å². The van der Waals surface area contributed by atoms with Crippen LogP contribution in [0.1, 0.15) is 19.8 Å². The van der Waals surface area contributed by atoms with E-state index in [-0.39, 0.29) is 12.0 Å². The summed E-state index contributed by atoms with van der Waals surface area (Å²) < 4.78 is 5.37. The highest BCUT2D eigenvalue weighted by Gasteiger charge is 2.24. The van der Waals surface area contributed by atoms with Gasteiger partial charge in [0.15, 0.2) is 0 Å². The number of carbonyl (C=O) groups is 1. The van der Waals surface area contributed by atoms with Gasteiger partial charge in [0.25, 0.3) is 5.91 Å². The molecular weight excluding hydrogens is 280 g/mol. The second-order valence-corrected chi connectivity index (χ2v) is 5.81. The molecule has 120 valence electrons. The van der Waals surface area contributed by atoms with Gasteiger partial charge in [0, 0.05) is 32.8 Å². The van der Waals surface area contributed by atoms with Gasteiger partial charge in [-0.1, -0.05) is 6.92 Å². The number of rotatable bonds is 4. The Morgan fingerprint density at radius 1 is 1.36 bits per heavy atom. The zero-order valence-corrected chi connectivity index (χ0v) is 13.1. The van der Waals surface area contributed by atoms with Crippen LogP contribution in [0.4, 0.5) is 11.5 Å². The number of hydrogen-bond donors (Lipinski definition) is 1. The molecule has 0 spiro atoms. The Kier molecular flexibility index (Phi) is 4.90. The van der Waals surface area contributed by atoms with E-state index in [1.165, 1.54) is 0 Å². The third-order valence-electron chi connectivity index (χ3n) is 4.41. The Balaban J connectivity index is 1.55. The van der Waals surface area contributed by atoms with E-state index in [2.05, 4.69) is 27.0 Å². The standard InChI is InChI=1S/C16H24N4O2/c1-2-19-7-9-20(10-8-19)13-5-6-15(17-12-13)18-16(21)14-4-3-11-22-14/h5-6,12,14H,2-4,7-11H2,1H3,(H,17,18,21). The van der Waals surface area contributed by atoms with Crippen molar-refractivity contribution in [2.45, 2.75) is 25.9 Å². The summed E-state index contributed by atoms with van der Waals surface area (Å²) in [6, 6.07) is 3.90. The minimum atomic E-state index is -0.316. The molecule has 1 amide bonds. The van der Waals surface area contributed by atoms with E-state index < -0.39 is 0 Å². The highest BCUT2D eigenvalue weighted by Crippen LogP contribution is 2.18. The number of piperazine rings is 1. The first-order valence-electron chi connectivity index (χ1n) is 8.12. The normalized spacial score (nSPS) is 22.8. The SMILES string of the molecule is CCN1CCN(c2ccc(NC(=O)C3CCCO3)nc2)CC1. The van der Waals surface area contributed by atoms with Crippen molar-refractivity contribution in [2.24, 2.45) is 0 Å². The number of hydrogen-bond acceptors (Lipinski definition) is 5. The third kappa shape index (κ3) is 3.56. The lowest BCUT2D eigenvalue weighted by molar-refractivity contribution is -0.124. The van der Waals surface area contributed by atoms with Crippen LogP contribution in [0.2, 0.25) is 0 Å². The van der Waals surface area contributed by atoms with Crippen LogP contribution in [0.15, 0.2) is 18.3 Å². The average molecular weight is 304 g/mol. The van der Waals surface area contributed by atoms with Gasteiger partial charge >= 0.3 is 0 Å². The Hall–Kier alpha value is -1.66. The number of nitrogens with one attached hydrogen (secondary N) is 1. The van der Waals surface area contributed by atoms with Crippen molar-refractivity contribution < 1.29 is 9.53 Å². The molecule has 1 unspecified atom stereocenters. The molecule has 1 aromatic rings. The molecular formula is C16H24N4O2. The summed E-state index contributed by atoms with van der Waals surface area (Å²) in [6.07, 6.45) is 3.27. The van der Waals surface area contributed by atoms with Crippen molar-refractivity contribution in [1.82, 2.24) is 9.88 Å². The summed E-state index contributed by atoms with van der Waals surface area (Å²) in [5.41, 5.74) is 1.12. The number of likely N-dealkylation sites (N-methyl/N-ethyl adjacent to an activating group) is 1. The lowest BCUT2D eigenvalue weighted by atomic mass is 10.2. The minimum absolute atomic E-state index is 0.0886. The van der Waals surface area contributed by atoms with Crippen molar-refractivity contribution >= 4 is 17.4 Å². The first kappa shape index (κ1) is 15.2. The molecule has 22 heavy (non-hydrogen) atoms. The van der Waals surface area contributed by atoms with Gasteiger partial charge in [0.1, 0.15) is 11.9 Å². The molecule has 0 bridgehead atoms. The second-order valence-electron chi connectivity index (χ2n) is 5.81. The molecule has 1 atom stereocenters. The topological polar surface area (TPSA) is 57.7 Å². The van der Waals surface area contributed by atoms with E-state index in [1.54, 1.807) is 0 Å². The van der Waals surface area contributed by atoms with E-state index in [0.29, 0.717) is 12.4 Å². The van der Waals surface area contributed by atoms with Gasteiger partial charge in [-0.15, -0.1) is 0 Å². The van der Waals surface area contributed by atoms with Crippen molar-refractivity contribution in [3.63, 3.8) is 0 Å². The van der Waals surface area contributed by atoms with E-state index >= 15 is 0 Å². The zero-order valence-electron chi connectivity index (χ0n) is 13.1. The van der Waals surface area contributed by atoms with Gasteiger partial charge in [-0.25, -0.2) is 4.98 Å². The summed E-state index contributed by atoms with van der Waals surface area (Å²) in [5.74, 6) is 0.505. The maximum atomic E-state index is 12.0. The Morgan fingerprint density at radius 2 is 2.18 bits per heavy atom. The summed E-state index contributed by atoms with van der Waals surface area (Å²) in [4.78, 5) is 21.1. The largest absolute Gasteiger partial charge is 0.368 e. The molecule has 0 saturated carbocycles. The average Bonchev–Trinajstić information content (AvgIpc) is 3.10. The van der Waals surface area contributed by atoms with Crippen molar-refractivity contribution in [1.29, 1.82) is 0 Å². The molecule has 0 radical (unpaired) electrons. The van der Waals surface area contributed by atoms with Crippen LogP contribution in [0, 0.1) is 0 Å². The van der Waals surface area contributed by atoms with Crippen LogP contribution in [-0.4, -0.2) is 61.2 Å². The first-order valence-corrected chi connectivity index (χ1v) is 8.12. The summed E-state index contributed by atoms with van der Waals surface area (Å²) in [5, 5.41) is 2.83. The Morgan fingerprint density at radius 3 is 2.77 bits per heavy atom. The number of carbonyl (C=O) groups excluding carboxylic acids is 1. The number of amides is 1. The number of pyridine rings is 1. The van der Waals surface area contributed by atoms with Crippen LogP contribution in [-0.2, 0) is 9.53 Å². The fourth-order valence-corrected chi connectivity index (χ4v) is 2.96. The van der Waals surface area contributed by atoms with Gasteiger partial charge in [-0.05, 0) is 31.5 Å². The highest BCUT2D eigenvalue weighted by molar-refractivity contribution is 5.93. The fourth-order valence-electron chi connectivity index (χ4n) is 2.96. The molecule has 2 aliphatic rings. The molecule has 6 heteroatoms. The monoisotopic (exact) mass is 304 g/mol. The first-order chi connectivity index (χ1) is 10.8. The zero-order chi connectivity index (χ0) is 15.4. The van der Waals surface area contributed by atoms with Crippen LogP contribution in [0.3, 0.4) is 0 Å². The van der Waals surface area contributed by atoms with Gasteiger partial charge in [-0.2, -0.15) is 0 Å². The molecule has 3 rings (SSSR count). The molecule has 6 nitrogen and oxygen atoms in total. The molecule has 1 aromatic heterocycles. The minimum Gasteiger partial charge on any atom is -0.368 e. The van der Waals surface area contributed by atoms with Crippen molar-refractivity contribution in [2.75, 3.05) is 49.5 Å². The number of nitrogens with zero attached hydrogens (tertiary/aromatic N) is 3. The quantitative estimate of drug-likeness (QED) is 0.910. The molecule has 3 heterocycles. The highest BCUT2D eigenvalue weighted by atomic mass is 16.5. The summed E-state index contributed by atoms with van der Waals surface area (Å²) in [7, 11) is 0. The molecule has 2 aliphatic heterocycles. The van der Waals surface area contributed by atoms with E-state index in [4.69, 9.17) is 4.74 Å². The maximum absolute atomic E-state index is 12.0. The Labute approximate surface area is 131 Å². The van der Waals surface area contributed by atoms with Gasteiger partial charge < -0.3 is 19.9 Å². The maximum Gasteiger partial charge on any atom is 0.254 e. The molecule has 1 N–H and O–H groups in total. The smallest absolute Gasteiger partial charge is 0.254 e. The van der Waals surface area contributed by atoms with Crippen LogP contribution >= 0.6 is 0 Å². The lowest BCUT2D eigenvalue weighted by Gasteiger charge is -2.35. The molecule has 0 aromatic carbocycles. The molecule has 2 fully saturated rings.